The highest BCUT2D eigenvalue weighted by atomic mass is 19.1. The van der Waals surface area contributed by atoms with Crippen LogP contribution in [0.1, 0.15) is 31.7 Å². The molecule has 4 heteroatoms. The van der Waals surface area contributed by atoms with E-state index in [2.05, 4.69) is 11.8 Å². The normalized spacial score (nSPS) is 31.7. The zero-order chi connectivity index (χ0) is 13.6. The van der Waals surface area contributed by atoms with Crippen molar-refractivity contribution in [3.8, 4) is 5.75 Å². The lowest BCUT2D eigenvalue weighted by Gasteiger charge is -2.24. The predicted molar refractivity (Wildman–Crippen MR) is 70.7 cm³/mol. The Morgan fingerprint density at radius 3 is 2.74 bits per heavy atom. The zero-order valence-electron chi connectivity index (χ0n) is 11.4. The summed E-state index contributed by atoms with van der Waals surface area (Å²) in [5.41, 5.74) is -0.679. The van der Waals surface area contributed by atoms with E-state index < -0.39 is 5.60 Å². The molecule has 1 N–H and O–H groups in total. The molecule has 0 bridgehead atoms. The average Bonchev–Trinajstić information content (AvgIpc) is 3.15. The molecule has 1 aliphatic heterocycles. The maximum absolute atomic E-state index is 14.1. The fraction of sp³-hybridized carbons (Fsp3) is 0.600. The van der Waals surface area contributed by atoms with Crippen molar-refractivity contribution in [2.75, 3.05) is 13.7 Å². The molecule has 0 radical (unpaired) electrons. The standard InChI is InChI=1S/C15H20FNO2/c1-10-8-15(18,9-17(10)11-3-4-11)13-6-5-12(19-2)7-14(13)16/h5-7,10-11,18H,3-4,8-9H2,1-2H3. The second-order valence-corrected chi connectivity index (χ2v) is 5.83. The molecule has 1 saturated carbocycles. The van der Waals surface area contributed by atoms with E-state index in [0.29, 0.717) is 36.4 Å². The highest BCUT2D eigenvalue weighted by molar-refractivity contribution is 5.34. The highest BCUT2D eigenvalue weighted by Gasteiger charge is 2.47. The molecule has 1 heterocycles. The van der Waals surface area contributed by atoms with E-state index in [1.165, 1.54) is 26.0 Å². The minimum atomic E-state index is -1.07. The quantitative estimate of drug-likeness (QED) is 0.910. The molecular formula is C15H20FNO2. The molecule has 1 aliphatic carbocycles. The lowest BCUT2D eigenvalue weighted by molar-refractivity contribution is 0.0415. The molecule has 2 fully saturated rings. The van der Waals surface area contributed by atoms with Gasteiger partial charge in [-0.2, -0.15) is 0 Å². The van der Waals surface area contributed by atoms with Crippen molar-refractivity contribution in [2.24, 2.45) is 0 Å². The maximum Gasteiger partial charge on any atom is 0.133 e. The largest absolute Gasteiger partial charge is 0.497 e. The van der Waals surface area contributed by atoms with Crippen LogP contribution >= 0.6 is 0 Å². The Kier molecular flexibility index (Phi) is 3.02. The number of hydrogen-bond acceptors (Lipinski definition) is 3. The van der Waals surface area contributed by atoms with Gasteiger partial charge in [-0.1, -0.05) is 0 Å². The van der Waals surface area contributed by atoms with Gasteiger partial charge in [-0.25, -0.2) is 4.39 Å². The molecule has 1 saturated heterocycles. The van der Waals surface area contributed by atoms with Crippen LogP contribution in [0.2, 0.25) is 0 Å². The number of methoxy groups -OCH3 is 1. The van der Waals surface area contributed by atoms with E-state index >= 15 is 0 Å². The number of hydrogen-bond donors (Lipinski definition) is 1. The highest BCUT2D eigenvalue weighted by Crippen LogP contribution is 2.42. The molecule has 0 aromatic heterocycles. The van der Waals surface area contributed by atoms with Gasteiger partial charge in [0, 0.05) is 30.3 Å². The van der Waals surface area contributed by atoms with Crippen molar-refractivity contribution in [3.05, 3.63) is 29.6 Å². The van der Waals surface area contributed by atoms with Crippen molar-refractivity contribution in [2.45, 2.75) is 43.9 Å². The van der Waals surface area contributed by atoms with E-state index in [1.807, 2.05) is 0 Å². The van der Waals surface area contributed by atoms with Crippen LogP contribution in [0, 0.1) is 5.82 Å². The number of rotatable bonds is 3. The van der Waals surface area contributed by atoms with Crippen LogP contribution in [-0.4, -0.2) is 35.7 Å². The summed E-state index contributed by atoms with van der Waals surface area (Å²) in [7, 11) is 1.51. The molecule has 0 spiro atoms. The molecule has 0 amide bonds. The Bertz CT molecular complexity index is 489. The van der Waals surface area contributed by atoms with Gasteiger partial charge in [0.05, 0.1) is 7.11 Å². The predicted octanol–water partition coefficient (Wildman–Crippen LogP) is 2.28. The van der Waals surface area contributed by atoms with Crippen LogP contribution in [-0.2, 0) is 5.60 Å². The zero-order valence-corrected chi connectivity index (χ0v) is 11.4. The van der Waals surface area contributed by atoms with Gasteiger partial charge in [-0.15, -0.1) is 0 Å². The Balaban J connectivity index is 1.88. The lowest BCUT2D eigenvalue weighted by atomic mass is 9.91. The molecule has 2 unspecified atom stereocenters. The fourth-order valence-electron chi connectivity index (χ4n) is 3.22. The van der Waals surface area contributed by atoms with E-state index in [9.17, 15) is 9.50 Å². The third-order valence-electron chi connectivity index (χ3n) is 4.34. The molecule has 2 atom stereocenters. The van der Waals surface area contributed by atoms with E-state index in [-0.39, 0.29) is 5.82 Å². The number of halogens is 1. The third kappa shape index (κ3) is 2.23. The Hall–Kier alpha value is -1.13. The lowest BCUT2D eigenvalue weighted by Crippen LogP contribution is -2.33. The van der Waals surface area contributed by atoms with Crippen LogP contribution in [0.3, 0.4) is 0 Å². The number of aliphatic hydroxyl groups is 1. The topological polar surface area (TPSA) is 32.7 Å². The van der Waals surface area contributed by atoms with Gasteiger partial charge in [0.1, 0.15) is 17.2 Å². The number of ether oxygens (including phenoxy) is 1. The summed E-state index contributed by atoms with van der Waals surface area (Å²) in [6, 6.07) is 5.60. The first-order chi connectivity index (χ1) is 9.03. The average molecular weight is 265 g/mol. The first kappa shape index (κ1) is 12.9. The monoisotopic (exact) mass is 265 g/mol. The molecule has 104 valence electrons. The van der Waals surface area contributed by atoms with Crippen LogP contribution < -0.4 is 4.74 Å². The van der Waals surface area contributed by atoms with Crippen LogP contribution in [0.4, 0.5) is 4.39 Å². The Labute approximate surface area is 113 Å². The molecule has 1 aromatic rings. The smallest absolute Gasteiger partial charge is 0.133 e. The van der Waals surface area contributed by atoms with Crippen molar-refractivity contribution in [1.82, 2.24) is 4.90 Å². The van der Waals surface area contributed by atoms with Gasteiger partial charge < -0.3 is 9.84 Å². The first-order valence-corrected chi connectivity index (χ1v) is 6.85. The molecule has 3 nitrogen and oxygen atoms in total. The van der Waals surface area contributed by atoms with E-state index in [4.69, 9.17) is 4.74 Å². The maximum atomic E-state index is 14.1. The Morgan fingerprint density at radius 2 is 2.16 bits per heavy atom. The van der Waals surface area contributed by atoms with Crippen LogP contribution in [0.15, 0.2) is 18.2 Å². The molecular weight excluding hydrogens is 245 g/mol. The van der Waals surface area contributed by atoms with E-state index in [0.717, 1.165) is 0 Å². The molecule has 3 rings (SSSR count). The Morgan fingerprint density at radius 1 is 1.42 bits per heavy atom. The molecule has 19 heavy (non-hydrogen) atoms. The second-order valence-electron chi connectivity index (χ2n) is 5.83. The van der Waals surface area contributed by atoms with Gasteiger partial charge in [0.15, 0.2) is 0 Å². The van der Waals surface area contributed by atoms with Crippen molar-refractivity contribution in [1.29, 1.82) is 0 Å². The second kappa shape index (κ2) is 4.46. The van der Waals surface area contributed by atoms with Crippen molar-refractivity contribution in [3.63, 3.8) is 0 Å². The summed E-state index contributed by atoms with van der Waals surface area (Å²) in [5, 5.41) is 10.8. The summed E-state index contributed by atoms with van der Waals surface area (Å²) in [4.78, 5) is 2.31. The summed E-state index contributed by atoms with van der Waals surface area (Å²) in [6.07, 6.45) is 2.99. The van der Waals surface area contributed by atoms with E-state index in [1.54, 1.807) is 12.1 Å². The van der Waals surface area contributed by atoms with Gasteiger partial charge in [-0.3, -0.25) is 4.90 Å². The van der Waals surface area contributed by atoms with Crippen molar-refractivity contribution < 1.29 is 14.2 Å². The van der Waals surface area contributed by atoms with Gasteiger partial charge in [0.25, 0.3) is 0 Å². The van der Waals surface area contributed by atoms with Crippen LogP contribution in [0.25, 0.3) is 0 Å². The summed E-state index contributed by atoms with van der Waals surface area (Å²) in [6.45, 7) is 2.64. The number of likely N-dealkylation sites (tertiary alicyclic amines) is 1. The number of β-amino-alcohol motifs (C(OH)–C–C–N with tert-alkyl or cyclic N) is 1. The fourth-order valence-corrected chi connectivity index (χ4v) is 3.22. The minimum absolute atomic E-state index is 0.305. The summed E-state index contributed by atoms with van der Waals surface area (Å²) in [5.74, 6) is 0.0987. The molecule has 1 aromatic carbocycles. The summed E-state index contributed by atoms with van der Waals surface area (Å²) < 4.78 is 19.2. The number of benzene rings is 1. The van der Waals surface area contributed by atoms with Gasteiger partial charge >= 0.3 is 0 Å². The number of nitrogens with zero attached hydrogens (tertiary/aromatic N) is 1. The van der Waals surface area contributed by atoms with Crippen molar-refractivity contribution >= 4 is 0 Å². The molecule has 2 aliphatic rings. The summed E-state index contributed by atoms with van der Waals surface area (Å²) >= 11 is 0. The SMILES string of the molecule is COc1ccc(C2(O)CC(C)N(C3CC3)C2)c(F)c1. The third-order valence-corrected chi connectivity index (χ3v) is 4.34. The minimum Gasteiger partial charge on any atom is -0.497 e. The van der Waals surface area contributed by atoms with Gasteiger partial charge in [0.2, 0.25) is 0 Å². The van der Waals surface area contributed by atoms with Gasteiger partial charge in [-0.05, 0) is 38.3 Å². The first-order valence-electron chi connectivity index (χ1n) is 6.85. The van der Waals surface area contributed by atoms with Crippen LogP contribution in [0.5, 0.6) is 5.75 Å².